The summed E-state index contributed by atoms with van der Waals surface area (Å²) in [6, 6.07) is 11.7. The van der Waals surface area contributed by atoms with E-state index in [1.165, 1.54) is 42.5 Å². The smallest absolute Gasteiger partial charge is 0.257 e. The minimum atomic E-state index is -3.39. The highest BCUT2D eigenvalue weighted by molar-refractivity contribution is 7.92. The average Bonchev–Trinajstić information content (AvgIpc) is 3.21. The number of hydrogen-bond acceptors (Lipinski definition) is 7. The molecular weight excluding hydrogens is 464 g/mol. The molecule has 3 N–H and O–H groups in total. The maximum atomic E-state index is 12.6. The van der Waals surface area contributed by atoms with Crippen LogP contribution in [0.1, 0.15) is 35.3 Å². The normalized spacial score (nSPS) is 15.2. The van der Waals surface area contributed by atoms with Crippen LogP contribution in [0.3, 0.4) is 0 Å². The Labute approximate surface area is 195 Å². The molecule has 0 spiro atoms. The zero-order valence-corrected chi connectivity index (χ0v) is 19.5. The Hall–Kier alpha value is -3.44. The summed E-state index contributed by atoms with van der Waals surface area (Å²) in [5, 5.41) is 7.98. The van der Waals surface area contributed by atoms with Gasteiger partial charge in [0.05, 0.1) is 24.6 Å². The van der Waals surface area contributed by atoms with Crippen molar-refractivity contribution in [2.45, 2.75) is 19.4 Å². The minimum Gasteiger partial charge on any atom is -0.493 e. The Morgan fingerprint density at radius 3 is 2.61 bits per heavy atom. The zero-order valence-electron chi connectivity index (χ0n) is 17.9. The van der Waals surface area contributed by atoms with Gasteiger partial charge in [0.15, 0.2) is 5.13 Å². The Kier molecular flexibility index (Phi) is 6.34. The van der Waals surface area contributed by atoms with Gasteiger partial charge in [-0.3, -0.25) is 19.6 Å². The molecule has 0 aliphatic carbocycles. The molecule has 2 aromatic carbocycles. The average molecular weight is 487 g/mol. The highest BCUT2D eigenvalue weighted by Crippen LogP contribution is 2.36. The highest BCUT2D eigenvalue weighted by atomic mass is 32.2. The van der Waals surface area contributed by atoms with Crippen LogP contribution in [-0.2, 0) is 14.8 Å². The largest absolute Gasteiger partial charge is 0.493 e. The molecule has 1 aliphatic rings. The lowest BCUT2D eigenvalue weighted by atomic mass is 9.97. The summed E-state index contributed by atoms with van der Waals surface area (Å²) in [5.74, 6) is 0.282. The number of ether oxygens (including phenoxy) is 1. The minimum absolute atomic E-state index is 0.1000. The van der Waals surface area contributed by atoms with E-state index in [9.17, 15) is 18.0 Å². The summed E-state index contributed by atoms with van der Waals surface area (Å²) >= 11 is 1.29. The third-order valence-electron chi connectivity index (χ3n) is 4.90. The molecule has 0 saturated carbocycles. The van der Waals surface area contributed by atoms with Crippen LogP contribution in [0, 0.1) is 0 Å². The fraction of sp³-hybridized carbons (Fsp3) is 0.227. The summed E-state index contributed by atoms with van der Waals surface area (Å²) in [6.45, 7) is 2.03. The lowest BCUT2D eigenvalue weighted by Crippen LogP contribution is -2.30. The van der Waals surface area contributed by atoms with Crippen molar-refractivity contribution in [2.75, 3.05) is 22.9 Å². The van der Waals surface area contributed by atoms with Gasteiger partial charge in [0.1, 0.15) is 5.75 Å². The van der Waals surface area contributed by atoms with Crippen LogP contribution in [0.4, 0.5) is 10.8 Å². The molecule has 9 nitrogen and oxygen atoms in total. The second-order valence-corrected chi connectivity index (χ2v) is 10.2. The molecule has 1 aromatic heterocycles. The number of aromatic nitrogens is 1. The molecule has 1 atom stereocenters. The molecule has 0 radical (unpaired) electrons. The molecular formula is C22H22N4O5S2. The van der Waals surface area contributed by atoms with Crippen molar-refractivity contribution < 1.29 is 22.7 Å². The quantitative estimate of drug-likeness (QED) is 0.490. The summed E-state index contributed by atoms with van der Waals surface area (Å²) in [4.78, 5) is 28.6. The molecule has 2 heterocycles. The lowest BCUT2D eigenvalue weighted by molar-refractivity contribution is -0.119. The standard InChI is InChI=1S/C22H22N4O5S2/c1-13(27)23-18-9-10-31-20-8-5-15(11-17(18)20)19-12-32-22(24-19)25-21(28)14-3-6-16(7-4-14)26-33(2,29)30/h3-8,11-12,18,26H,9-10H2,1-2H3,(H,23,27)(H,24,25,28). The summed E-state index contributed by atoms with van der Waals surface area (Å²) in [7, 11) is -3.39. The topological polar surface area (TPSA) is 126 Å². The number of rotatable bonds is 6. The van der Waals surface area contributed by atoms with Crippen LogP contribution in [0.2, 0.25) is 0 Å². The maximum absolute atomic E-state index is 12.6. The summed E-state index contributed by atoms with van der Waals surface area (Å²) in [5.41, 5.74) is 3.19. The molecule has 11 heteroatoms. The van der Waals surface area contributed by atoms with E-state index in [4.69, 9.17) is 4.74 Å². The van der Waals surface area contributed by atoms with E-state index in [1.54, 1.807) is 0 Å². The number of nitrogens with one attached hydrogen (secondary N) is 3. The van der Waals surface area contributed by atoms with Gasteiger partial charge in [-0.25, -0.2) is 13.4 Å². The van der Waals surface area contributed by atoms with Crippen molar-refractivity contribution in [2.24, 2.45) is 0 Å². The van der Waals surface area contributed by atoms with Crippen molar-refractivity contribution >= 4 is 44.0 Å². The van der Waals surface area contributed by atoms with Crippen molar-refractivity contribution in [3.8, 4) is 17.0 Å². The number of amides is 2. The van der Waals surface area contributed by atoms with E-state index in [0.717, 1.165) is 23.1 Å². The Bertz CT molecular complexity index is 1300. The number of carbonyl (C=O) groups excluding carboxylic acids is 2. The van der Waals surface area contributed by atoms with Gasteiger partial charge < -0.3 is 10.1 Å². The molecule has 2 amide bonds. The SMILES string of the molecule is CC(=O)NC1CCOc2ccc(-c3csc(NC(=O)c4ccc(NS(C)(=O)=O)cc4)n3)cc21. The maximum Gasteiger partial charge on any atom is 0.257 e. The zero-order chi connectivity index (χ0) is 23.6. The Morgan fingerprint density at radius 2 is 1.91 bits per heavy atom. The van der Waals surface area contributed by atoms with Crippen molar-refractivity contribution in [3.63, 3.8) is 0 Å². The van der Waals surface area contributed by atoms with Gasteiger partial charge in [-0.2, -0.15) is 0 Å². The molecule has 1 aliphatic heterocycles. The van der Waals surface area contributed by atoms with E-state index in [1.807, 2.05) is 23.6 Å². The first-order valence-electron chi connectivity index (χ1n) is 10.1. The number of thiazole rings is 1. The van der Waals surface area contributed by atoms with E-state index in [2.05, 4.69) is 20.3 Å². The number of benzene rings is 2. The molecule has 0 bridgehead atoms. The summed E-state index contributed by atoms with van der Waals surface area (Å²) < 4.78 is 30.7. The number of sulfonamides is 1. The number of anilines is 2. The van der Waals surface area contributed by atoms with Gasteiger partial charge in [0.25, 0.3) is 5.91 Å². The summed E-state index contributed by atoms with van der Waals surface area (Å²) in [6.07, 6.45) is 1.75. The third kappa shape index (κ3) is 5.68. The Morgan fingerprint density at radius 1 is 1.15 bits per heavy atom. The van der Waals surface area contributed by atoms with E-state index < -0.39 is 10.0 Å². The first kappa shape index (κ1) is 22.7. The monoisotopic (exact) mass is 486 g/mol. The second-order valence-electron chi connectivity index (χ2n) is 7.59. The lowest BCUT2D eigenvalue weighted by Gasteiger charge is -2.26. The molecule has 1 unspecified atom stereocenters. The molecule has 172 valence electrons. The molecule has 33 heavy (non-hydrogen) atoms. The first-order valence-corrected chi connectivity index (χ1v) is 12.8. The predicted molar refractivity (Wildman–Crippen MR) is 127 cm³/mol. The van der Waals surface area contributed by atoms with Gasteiger partial charge in [0, 0.05) is 41.1 Å². The second kappa shape index (κ2) is 9.20. The van der Waals surface area contributed by atoms with Crippen molar-refractivity contribution in [1.29, 1.82) is 0 Å². The van der Waals surface area contributed by atoms with E-state index in [-0.39, 0.29) is 17.9 Å². The van der Waals surface area contributed by atoms with Crippen LogP contribution in [0.25, 0.3) is 11.3 Å². The van der Waals surface area contributed by atoms with Gasteiger partial charge in [-0.05, 0) is 42.5 Å². The molecule has 0 saturated heterocycles. The van der Waals surface area contributed by atoms with Gasteiger partial charge in [-0.1, -0.05) is 0 Å². The number of hydrogen-bond donors (Lipinski definition) is 3. The van der Waals surface area contributed by atoms with Crippen molar-refractivity contribution in [3.05, 3.63) is 59.0 Å². The molecule has 4 rings (SSSR count). The van der Waals surface area contributed by atoms with E-state index >= 15 is 0 Å². The third-order valence-corrected chi connectivity index (χ3v) is 6.26. The Balaban J connectivity index is 1.48. The fourth-order valence-corrected chi connectivity index (χ4v) is 4.76. The van der Waals surface area contributed by atoms with Crippen LogP contribution in [0.15, 0.2) is 47.8 Å². The highest BCUT2D eigenvalue weighted by Gasteiger charge is 2.23. The number of fused-ring (bicyclic) bond motifs is 1. The molecule has 3 aromatic rings. The first-order chi connectivity index (χ1) is 15.7. The van der Waals surface area contributed by atoms with Crippen LogP contribution in [0.5, 0.6) is 5.75 Å². The van der Waals surface area contributed by atoms with Crippen LogP contribution in [-0.4, -0.2) is 38.1 Å². The molecule has 0 fully saturated rings. The van der Waals surface area contributed by atoms with Gasteiger partial charge in [0.2, 0.25) is 15.9 Å². The van der Waals surface area contributed by atoms with Crippen molar-refractivity contribution in [1.82, 2.24) is 10.3 Å². The van der Waals surface area contributed by atoms with Crippen LogP contribution >= 0.6 is 11.3 Å². The van der Waals surface area contributed by atoms with Gasteiger partial charge in [-0.15, -0.1) is 11.3 Å². The number of nitrogens with zero attached hydrogens (tertiary/aromatic N) is 1. The van der Waals surface area contributed by atoms with Gasteiger partial charge >= 0.3 is 0 Å². The van der Waals surface area contributed by atoms with E-state index in [0.29, 0.717) is 35.1 Å². The fourth-order valence-electron chi connectivity index (χ4n) is 3.49. The number of carbonyl (C=O) groups is 2. The van der Waals surface area contributed by atoms with Crippen LogP contribution < -0.4 is 20.1 Å². The predicted octanol–water partition coefficient (Wildman–Crippen LogP) is 3.39.